The average molecular weight is 473 g/mol. The van der Waals surface area contributed by atoms with Crippen molar-refractivity contribution in [3.8, 4) is 17.2 Å². The average Bonchev–Trinajstić information content (AvgIpc) is 3.05. The number of carbonyl (C=O) groups is 2. The van der Waals surface area contributed by atoms with E-state index in [1.807, 2.05) is 19.0 Å². The number of aliphatic hydroxyl groups is 1. The summed E-state index contributed by atoms with van der Waals surface area (Å²) in [7, 11) is 5.12. The van der Waals surface area contributed by atoms with Crippen molar-refractivity contribution >= 4 is 17.4 Å². The maximum Gasteiger partial charge on any atom is 0.295 e. The first-order chi connectivity index (χ1) is 16.2. The predicted molar refractivity (Wildman–Crippen MR) is 124 cm³/mol. The topological polar surface area (TPSA) is 99.5 Å². The molecule has 3 rings (SSSR count). The van der Waals surface area contributed by atoms with Crippen molar-refractivity contribution in [2.24, 2.45) is 0 Å². The van der Waals surface area contributed by atoms with Crippen LogP contribution in [0.1, 0.15) is 30.5 Å². The molecule has 0 aromatic heterocycles. The Balaban J connectivity index is 2.15. The van der Waals surface area contributed by atoms with Gasteiger partial charge in [-0.05, 0) is 69.9 Å². The summed E-state index contributed by atoms with van der Waals surface area (Å²) in [4.78, 5) is 29.4. The SMILES string of the molecule is CCOc1cc([C@H]2C(=C(O)c3ccc(OC)c(F)c3)C(=O)C(=O)N2CCCN(C)C)ccc1O. The molecule has 34 heavy (non-hydrogen) atoms. The van der Waals surface area contributed by atoms with Crippen molar-refractivity contribution in [2.45, 2.75) is 19.4 Å². The molecule has 2 aromatic rings. The van der Waals surface area contributed by atoms with E-state index in [9.17, 15) is 24.2 Å². The van der Waals surface area contributed by atoms with Crippen LogP contribution in [0.3, 0.4) is 0 Å². The molecule has 1 fully saturated rings. The van der Waals surface area contributed by atoms with Crippen LogP contribution in [0.25, 0.3) is 5.76 Å². The van der Waals surface area contributed by atoms with E-state index in [0.29, 0.717) is 25.1 Å². The summed E-state index contributed by atoms with van der Waals surface area (Å²) in [5, 5.41) is 21.2. The molecule has 8 nitrogen and oxygen atoms in total. The minimum absolute atomic E-state index is 0.0165. The quantitative estimate of drug-likeness (QED) is 0.328. The van der Waals surface area contributed by atoms with E-state index in [1.165, 1.54) is 36.3 Å². The van der Waals surface area contributed by atoms with Crippen LogP contribution in [-0.4, -0.2) is 72.6 Å². The number of methoxy groups -OCH3 is 1. The van der Waals surface area contributed by atoms with Gasteiger partial charge >= 0.3 is 0 Å². The van der Waals surface area contributed by atoms with Gasteiger partial charge in [-0.25, -0.2) is 4.39 Å². The molecule has 2 N–H and O–H groups in total. The third-order valence-electron chi connectivity index (χ3n) is 5.57. The van der Waals surface area contributed by atoms with Gasteiger partial charge in [0.2, 0.25) is 0 Å². The highest BCUT2D eigenvalue weighted by atomic mass is 19.1. The van der Waals surface area contributed by atoms with E-state index in [1.54, 1.807) is 13.0 Å². The number of Topliss-reactive ketones (excluding diaryl/α,β-unsaturated/α-hetero) is 1. The van der Waals surface area contributed by atoms with Gasteiger partial charge in [-0.2, -0.15) is 0 Å². The first-order valence-electron chi connectivity index (χ1n) is 10.9. The summed E-state index contributed by atoms with van der Waals surface area (Å²) >= 11 is 0. The standard InChI is InChI=1S/C25H29FN2O6/c1-5-34-20-14-15(7-9-18(20)29)22-21(23(30)16-8-10-19(33-4)17(26)13-16)24(31)25(32)28(22)12-6-11-27(2)3/h7-10,13-14,22,29-30H,5-6,11-12H2,1-4H3/t22-/m0/s1. The molecule has 1 saturated heterocycles. The molecule has 1 amide bonds. The lowest BCUT2D eigenvalue weighted by Gasteiger charge is -2.26. The molecule has 182 valence electrons. The number of aromatic hydroxyl groups is 1. The number of hydrogen-bond acceptors (Lipinski definition) is 7. The van der Waals surface area contributed by atoms with Gasteiger partial charge in [-0.3, -0.25) is 9.59 Å². The number of rotatable bonds is 9. The molecule has 2 aromatic carbocycles. The number of benzene rings is 2. The molecule has 0 bridgehead atoms. The van der Waals surface area contributed by atoms with Crippen molar-refractivity contribution in [2.75, 3.05) is 40.9 Å². The molecule has 0 unspecified atom stereocenters. The van der Waals surface area contributed by atoms with Crippen LogP contribution in [0.4, 0.5) is 4.39 Å². The van der Waals surface area contributed by atoms with E-state index in [2.05, 4.69) is 0 Å². The molecule has 9 heteroatoms. The van der Waals surface area contributed by atoms with Crippen molar-refractivity contribution in [3.63, 3.8) is 0 Å². The molecule has 0 saturated carbocycles. The lowest BCUT2D eigenvalue weighted by Crippen LogP contribution is -2.32. The van der Waals surface area contributed by atoms with Gasteiger partial charge < -0.3 is 29.5 Å². The fourth-order valence-electron chi connectivity index (χ4n) is 3.96. The number of aliphatic hydroxyl groups excluding tert-OH is 1. The first-order valence-corrected chi connectivity index (χ1v) is 10.9. The Hall–Kier alpha value is -3.59. The fourth-order valence-corrected chi connectivity index (χ4v) is 3.96. The molecule has 0 aliphatic carbocycles. The molecule has 1 aliphatic heterocycles. The zero-order valence-electron chi connectivity index (χ0n) is 19.7. The molecule has 1 aliphatic rings. The zero-order chi connectivity index (χ0) is 25.0. The minimum Gasteiger partial charge on any atom is -0.507 e. The Kier molecular flexibility index (Phi) is 7.78. The molecule has 1 heterocycles. The predicted octanol–water partition coefficient (Wildman–Crippen LogP) is 3.31. The number of amides is 1. The lowest BCUT2D eigenvalue weighted by atomic mass is 9.95. The van der Waals surface area contributed by atoms with Gasteiger partial charge in [0.25, 0.3) is 11.7 Å². The summed E-state index contributed by atoms with van der Waals surface area (Å²) in [6, 6.07) is 7.37. The monoisotopic (exact) mass is 472 g/mol. The van der Waals surface area contributed by atoms with Crippen LogP contribution in [0.2, 0.25) is 0 Å². The second-order valence-corrected chi connectivity index (χ2v) is 8.16. The van der Waals surface area contributed by atoms with Gasteiger partial charge in [-0.1, -0.05) is 6.07 Å². The van der Waals surface area contributed by atoms with Crippen LogP contribution in [0, 0.1) is 5.82 Å². The van der Waals surface area contributed by atoms with Crippen LogP contribution in [0.5, 0.6) is 17.2 Å². The van der Waals surface area contributed by atoms with Crippen LogP contribution >= 0.6 is 0 Å². The Bertz CT molecular complexity index is 1110. The van der Waals surface area contributed by atoms with Crippen molar-refractivity contribution < 1.29 is 33.7 Å². The third kappa shape index (κ3) is 4.99. The van der Waals surface area contributed by atoms with E-state index in [0.717, 1.165) is 6.07 Å². The highest BCUT2D eigenvalue weighted by Gasteiger charge is 2.46. The summed E-state index contributed by atoms with van der Waals surface area (Å²) in [6.07, 6.45) is 0.587. The Morgan fingerprint density at radius 3 is 2.50 bits per heavy atom. The summed E-state index contributed by atoms with van der Waals surface area (Å²) in [5.74, 6) is -2.75. The molecule has 0 spiro atoms. The number of halogens is 1. The maximum absolute atomic E-state index is 14.3. The number of phenolic OH excluding ortho intramolecular Hbond substituents is 1. The number of likely N-dealkylation sites (tertiary alicyclic amines) is 1. The van der Waals surface area contributed by atoms with E-state index >= 15 is 0 Å². The van der Waals surface area contributed by atoms with Gasteiger partial charge in [-0.15, -0.1) is 0 Å². The van der Waals surface area contributed by atoms with Crippen LogP contribution in [-0.2, 0) is 9.59 Å². The molecular formula is C25H29FN2O6. The van der Waals surface area contributed by atoms with Gasteiger partial charge in [0.15, 0.2) is 23.1 Å². The molecule has 1 atom stereocenters. The van der Waals surface area contributed by atoms with Gasteiger partial charge in [0.05, 0.1) is 25.3 Å². The molecule has 0 radical (unpaired) electrons. The Morgan fingerprint density at radius 1 is 1.15 bits per heavy atom. The number of ketones is 1. The summed E-state index contributed by atoms with van der Waals surface area (Å²) < 4.78 is 24.7. The van der Waals surface area contributed by atoms with Crippen LogP contribution in [0.15, 0.2) is 42.0 Å². The zero-order valence-corrected chi connectivity index (χ0v) is 19.7. The minimum atomic E-state index is -0.938. The summed E-state index contributed by atoms with van der Waals surface area (Å²) in [5.41, 5.74) is 0.354. The number of hydrogen-bond donors (Lipinski definition) is 2. The molecular weight excluding hydrogens is 443 g/mol. The first kappa shape index (κ1) is 25.0. The van der Waals surface area contributed by atoms with E-state index < -0.39 is 29.3 Å². The van der Waals surface area contributed by atoms with Crippen molar-refractivity contribution in [3.05, 3.63) is 58.9 Å². The van der Waals surface area contributed by atoms with Crippen molar-refractivity contribution in [1.82, 2.24) is 9.80 Å². The number of phenols is 1. The lowest BCUT2D eigenvalue weighted by molar-refractivity contribution is -0.139. The normalized spacial score (nSPS) is 17.5. The highest BCUT2D eigenvalue weighted by Crippen LogP contribution is 2.42. The van der Waals surface area contributed by atoms with Crippen molar-refractivity contribution in [1.29, 1.82) is 0 Å². The van der Waals surface area contributed by atoms with Gasteiger partial charge in [0, 0.05) is 12.1 Å². The second-order valence-electron chi connectivity index (χ2n) is 8.16. The third-order valence-corrected chi connectivity index (χ3v) is 5.57. The largest absolute Gasteiger partial charge is 0.507 e. The Labute approximate surface area is 197 Å². The van der Waals surface area contributed by atoms with E-state index in [-0.39, 0.29) is 34.9 Å². The smallest absolute Gasteiger partial charge is 0.295 e. The second kappa shape index (κ2) is 10.6. The number of nitrogens with zero attached hydrogens (tertiary/aromatic N) is 2. The maximum atomic E-state index is 14.3. The van der Waals surface area contributed by atoms with Crippen LogP contribution < -0.4 is 9.47 Å². The fraction of sp³-hybridized carbons (Fsp3) is 0.360. The highest BCUT2D eigenvalue weighted by molar-refractivity contribution is 6.46. The van der Waals surface area contributed by atoms with Gasteiger partial charge in [0.1, 0.15) is 5.76 Å². The number of ether oxygens (including phenoxy) is 2. The number of carbonyl (C=O) groups excluding carboxylic acids is 2. The summed E-state index contributed by atoms with van der Waals surface area (Å²) in [6.45, 7) is 2.99. The Morgan fingerprint density at radius 2 is 1.88 bits per heavy atom. The van der Waals surface area contributed by atoms with E-state index in [4.69, 9.17) is 9.47 Å².